The van der Waals surface area contributed by atoms with Crippen LogP contribution in [0.4, 0.5) is 5.69 Å². The minimum absolute atomic E-state index is 0.175. The van der Waals surface area contributed by atoms with E-state index in [-0.39, 0.29) is 28.7 Å². The fraction of sp³-hybridized carbons (Fsp3) is 0.219. The number of piperazine rings is 1. The molecule has 2 heterocycles. The van der Waals surface area contributed by atoms with Crippen LogP contribution in [0.1, 0.15) is 11.1 Å². The van der Waals surface area contributed by atoms with E-state index in [1.54, 1.807) is 31.2 Å². The Morgan fingerprint density at radius 1 is 0.750 bits per heavy atom. The van der Waals surface area contributed by atoms with Gasteiger partial charge in [0.25, 0.3) is 11.1 Å². The molecule has 1 aliphatic rings. The third-order valence-corrected chi connectivity index (χ3v) is 7.21. The first-order valence-electron chi connectivity index (χ1n) is 13.2. The van der Waals surface area contributed by atoms with Crippen LogP contribution >= 0.6 is 0 Å². The number of aromatic nitrogens is 2. The van der Waals surface area contributed by atoms with Gasteiger partial charge in [-0.3, -0.25) is 19.0 Å². The lowest BCUT2D eigenvalue weighted by Crippen LogP contribution is -2.59. The Morgan fingerprint density at radius 2 is 1.30 bits per heavy atom. The van der Waals surface area contributed by atoms with Crippen molar-refractivity contribution < 1.29 is 9.53 Å². The predicted molar refractivity (Wildman–Crippen MR) is 157 cm³/mol. The molecule has 1 fully saturated rings. The van der Waals surface area contributed by atoms with Gasteiger partial charge >= 0.3 is 0 Å². The molecule has 0 saturated carbocycles. The lowest BCUT2D eigenvalue weighted by Gasteiger charge is -2.36. The van der Waals surface area contributed by atoms with Crippen molar-refractivity contribution in [2.24, 2.45) is 7.05 Å². The molecule has 0 bridgehead atoms. The molecule has 0 N–H and O–H groups in total. The fourth-order valence-corrected chi connectivity index (χ4v) is 4.90. The molecule has 1 aliphatic heterocycles. The number of benzene rings is 3. The van der Waals surface area contributed by atoms with Crippen molar-refractivity contribution in [2.75, 3.05) is 38.2 Å². The maximum absolute atomic E-state index is 13.8. The first kappa shape index (κ1) is 26.7. The van der Waals surface area contributed by atoms with Crippen molar-refractivity contribution in [3.05, 3.63) is 127 Å². The molecule has 5 rings (SSSR count). The average Bonchev–Trinajstić information content (AvgIpc) is 3.01. The largest absolute Gasteiger partial charge is 0.497 e. The lowest BCUT2D eigenvalue weighted by atomic mass is 10.2. The predicted octanol–water partition coefficient (Wildman–Crippen LogP) is 1.56. The van der Waals surface area contributed by atoms with E-state index in [9.17, 15) is 14.4 Å². The van der Waals surface area contributed by atoms with Gasteiger partial charge in [-0.05, 0) is 47.5 Å². The molecule has 0 unspecified atom stereocenters. The van der Waals surface area contributed by atoms with Crippen LogP contribution in [0.2, 0.25) is 0 Å². The number of rotatable bonds is 6. The molecule has 4 aromatic rings. The molecule has 8 nitrogen and oxygen atoms in total. The summed E-state index contributed by atoms with van der Waals surface area (Å²) in [5.74, 6) is 0.599. The summed E-state index contributed by atoms with van der Waals surface area (Å²) < 4.78 is 7.93. The zero-order chi connectivity index (χ0) is 28.1. The highest BCUT2D eigenvalue weighted by Gasteiger charge is 2.23. The van der Waals surface area contributed by atoms with Gasteiger partial charge in [0.05, 0.1) is 7.11 Å². The van der Waals surface area contributed by atoms with Gasteiger partial charge in [-0.15, -0.1) is 0 Å². The SMILES string of the molecule is COc1ccc(N2CCN(C(=O)Cn3c(=O)c(=Cc4ccccc4)n(C)c(=O)c3=Cc3ccccc3)CC2)cc1. The Labute approximate surface area is 232 Å². The molecular weight excluding hydrogens is 504 g/mol. The summed E-state index contributed by atoms with van der Waals surface area (Å²) in [6, 6.07) is 26.5. The van der Waals surface area contributed by atoms with E-state index in [0.717, 1.165) is 22.6 Å². The zero-order valence-electron chi connectivity index (χ0n) is 22.7. The van der Waals surface area contributed by atoms with Crippen LogP contribution in [0.25, 0.3) is 12.2 Å². The first-order valence-corrected chi connectivity index (χ1v) is 13.2. The summed E-state index contributed by atoms with van der Waals surface area (Å²) in [5, 5.41) is 0.396. The number of hydrogen-bond donors (Lipinski definition) is 0. The summed E-state index contributed by atoms with van der Waals surface area (Å²) in [5.41, 5.74) is 1.90. The van der Waals surface area contributed by atoms with Gasteiger partial charge in [0.15, 0.2) is 0 Å². The maximum Gasteiger partial charge on any atom is 0.275 e. The molecule has 1 saturated heterocycles. The van der Waals surface area contributed by atoms with Crippen LogP contribution in [0.15, 0.2) is 94.5 Å². The topological polar surface area (TPSA) is 76.8 Å². The van der Waals surface area contributed by atoms with Gasteiger partial charge in [-0.2, -0.15) is 0 Å². The standard InChI is InChI=1S/C32H32N4O4/c1-33-28(21-24-9-5-3-6-10-24)32(39)36(29(31(33)38)22-25-11-7-4-8-12-25)23-30(37)35-19-17-34(18-20-35)26-13-15-27(40-2)16-14-26/h3-16,21-22H,17-20,23H2,1-2H3. The molecule has 0 radical (unpaired) electrons. The highest BCUT2D eigenvalue weighted by Crippen LogP contribution is 2.20. The maximum atomic E-state index is 13.8. The quantitative estimate of drug-likeness (QED) is 0.374. The minimum atomic E-state index is -0.390. The van der Waals surface area contributed by atoms with Crippen LogP contribution in [-0.2, 0) is 18.4 Å². The number of hydrogen-bond acceptors (Lipinski definition) is 5. The Bertz CT molecular complexity index is 1720. The van der Waals surface area contributed by atoms with Gasteiger partial charge in [-0.1, -0.05) is 60.7 Å². The molecule has 204 valence electrons. The Balaban J connectivity index is 1.48. The number of nitrogens with zero attached hydrogens (tertiary/aromatic N) is 4. The molecule has 0 aliphatic carbocycles. The molecule has 0 atom stereocenters. The molecule has 0 spiro atoms. The Hall–Kier alpha value is -4.85. The monoisotopic (exact) mass is 536 g/mol. The molecule has 8 heteroatoms. The molecule has 1 aromatic heterocycles. The van der Waals surface area contributed by atoms with Crippen molar-refractivity contribution in [3.8, 4) is 5.75 Å². The van der Waals surface area contributed by atoms with E-state index < -0.39 is 5.56 Å². The zero-order valence-corrected chi connectivity index (χ0v) is 22.7. The van der Waals surface area contributed by atoms with Crippen molar-refractivity contribution in [2.45, 2.75) is 6.54 Å². The number of carbonyl (C=O) groups excluding carboxylic acids is 1. The van der Waals surface area contributed by atoms with Crippen molar-refractivity contribution in [1.82, 2.24) is 14.0 Å². The van der Waals surface area contributed by atoms with Crippen molar-refractivity contribution in [1.29, 1.82) is 0 Å². The molecular formula is C32H32N4O4. The molecule has 3 aromatic carbocycles. The van der Waals surface area contributed by atoms with E-state index in [2.05, 4.69) is 4.90 Å². The van der Waals surface area contributed by atoms with E-state index in [4.69, 9.17) is 4.74 Å². The number of carbonyl (C=O) groups is 1. The van der Waals surface area contributed by atoms with Gasteiger partial charge in [-0.25, -0.2) is 0 Å². The van der Waals surface area contributed by atoms with Crippen molar-refractivity contribution >= 4 is 23.7 Å². The van der Waals surface area contributed by atoms with E-state index in [0.29, 0.717) is 26.2 Å². The second-order valence-electron chi connectivity index (χ2n) is 9.70. The number of amides is 1. The second-order valence-corrected chi connectivity index (χ2v) is 9.70. The third kappa shape index (κ3) is 5.76. The Kier molecular flexibility index (Phi) is 7.96. The van der Waals surface area contributed by atoms with Gasteiger partial charge in [0.2, 0.25) is 5.91 Å². The summed E-state index contributed by atoms with van der Waals surface area (Å²) in [4.78, 5) is 44.9. The fourth-order valence-electron chi connectivity index (χ4n) is 4.90. The summed E-state index contributed by atoms with van der Waals surface area (Å²) >= 11 is 0. The van der Waals surface area contributed by atoms with Gasteiger partial charge in [0, 0.05) is 38.9 Å². The second kappa shape index (κ2) is 11.9. The normalized spacial score (nSPS) is 14.4. The summed E-state index contributed by atoms with van der Waals surface area (Å²) in [7, 11) is 3.23. The number of ether oxygens (including phenoxy) is 1. The van der Waals surface area contributed by atoms with Crippen LogP contribution < -0.4 is 31.5 Å². The summed E-state index contributed by atoms with van der Waals surface area (Å²) in [6.45, 7) is 2.15. The smallest absolute Gasteiger partial charge is 0.275 e. The first-order chi connectivity index (χ1) is 19.4. The molecule has 1 amide bonds. The minimum Gasteiger partial charge on any atom is -0.497 e. The highest BCUT2D eigenvalue weighted by atomic mass is 16.5. The van der Waals surface area contributed by atoms with Crippen molar-refractivity contribution in [3.63, 3.8) is 0 Å². The van der Waals surface area contributed by atoms with Crippen LogP contribution in [-0.4, -0.2) is 53.2 Å². The van der Waals surface area contributed by atoms with Gasteiger partial charge in [0.1, 0.15) is 23.0 Å². The lowest BCUT2D eigenvalue weighted by molar-refractivity contribution is -0.132. The van der Waals surface area contributed by atoms with E-state index >= 15 is 0 Å². The Morgan fingerprint density at radius 3 is 1.85 bits per heavy atom. The number of anilines is 1. The van der Waals surface area contributed by atoms with E-state index in [1.807, 2.05) is 84.9 Å². The van der Waals surface area contributed by atoms with E-state index in [1.165, 1.54) is 9.13 Å². The number of methoxy groups -OCH3 is 1. The highest BCUT2D eigenvalue weighted by molar-refractivity contribution is 5.76. The summed E-state index contributed by atoms with van der Waals surface area (Å²) in [6.07, 6.45) is 3.36. The molecule has 40 heavy (non-hydrogen) atoms. The van der Waals surface area contributed by atoms with Gasteiger partial charge < -0.3 is 19.1 Å². The van der Waals surface area contributed by atoms with Crippen LogP contribution in [0.5, 0.6) is 5.75 Å². The third-order valence-electron chi connectivity index (χ3n) is 7.21. The van der Waals surface area contributed by atoms with Crippen LogP contribution in [0.3, 0.4) is 0 Å². The van der Waals surface area contributed by atoms with Crippen LogP contribution in [0, 0.1) is 0 Å². The average molecular weight is 537 g/mol.